The SMILES string of the molecule is Cc1[nH]ncc1C(C)NC(=O)c1cccc2ccc(C(C)(C)C(F)(F)F)nc12. The van der Waals surface area contributed by atoms with Gasteiger partial charge in [0.25, 0.3) is 5.91 Å². The van der Waals surface area contributed by atoms with Crippen molar-refractivity contribution in [1.82, 2.24) is 20.5 Å². The van der Waals surface area contributed by atoms with Crippen molar-refractivity contribution >= 4 is 16.8 Å². The third kappa shape index (κ3) is 3.46. The fourth-order valence-electron chi connectivity index (χ4n) is 2.97. The molecule has 2 aromatic heterocycles. The van der Waals surface area contributed by atoms with Crippen LogP contribution in [0.15, 0.2) is 36.5 Å². The number of carbonyl (C=O) groups is 1. The topological polar surface area (TPSA) is 70.7 Å². The molecule has 1 atom stereocenters. The Hall–Kier alpha value is -2.90. The van der Waals surface area contributed by atoms with Gasteiger partial charge < -0.3 is 5.32 Å². The van der Waals surface area contributed by atoms with Gasteiger partial charge in [-0.25, -0.2) is 0 Å². The van der Waals surface area contributed by atoms with Crippen molar-refractivity contribution in [3.63, 3.8) is 0 Å². The minimum atomic E-state index is -4.46. The van der Waals surface area contributed by atoms with Gasteiger partial charge >= 0.3 is 6.18 Å². The number of aromatic amines is 1. The summed E-state index contributed by atoms with van der Waals surface area (Å²) in [6, 6.07) is 7.55. The van der Waals surface area contributed by atoms with Gasteiger partial charge in [-0.15, -0.1) is 0 Å². The molecule has 0 radical (unpaired) electrons. The van der Waals surface area contributed by atoms with Gasteiger partial charge in [-0.1, -0.05) is 18.2 Å². The molecule has 28 heavy (non-hydrogen) atoms. The van der Waals surface area contributed by atoms with Crippen molar-refractivity contribution in [2.24, 2.45) is 0 Å². The van der Waals surface area contributed by atoms with E-state index in [9.17, 15) is 18.0 Å². The average molecular weight is 390 g/mol. The Bertz CT molecular complexity index is 1020. The van der Waals surface area contributed by atoms with Crippen molar-refractivity contribution in [3.05, 3.63) is 59.0 Å². The number of H-pyrrole nitrogens is 1. The summed E-state index contributed by atoms with van der Waals surface area (Å²) in [5.74, 6) is -0.409. The van der Waals surface area contributed by atoms with Gasteiger partial charge in [-0.3, -0.25) is 14.9 Å². The van der Waals surface area contributed by atoms with Crippen molar-refractivity contribution in [1.29, 1.82) is 0 Å². The van der Waals surface area contributed by atoms with E-state index in [2.05, 4.69) is 20.5 Å². The number of aryl methyl sites for hydroxylation is 1. The molecule has 2 heterocycles. The number of hydrogen-bond acceptors (Lipinski definition) is 3. The molecule has 1 unspecified atom stereocenters. The van der Waals surface area contributed by atoms with Gasteiger partial charge in [0.1, 0.15) is 5.41 Å². The number of aromatic nitrogens is 3. The van der Waals surface area contributed by atoms with E-state index in [1.807, 2.05) is 13.8 Å². The summed E-state index contributed by atoms with van der Waals surface area (Å²) in [6.45, 7) is 5.81. The first-order chi connectivity index (χ1) is 13.0. The van der Waals surface area contributed by atoms with Gasteiger partial charge in [0.2, 0.25) is 0 Å². The lowest BCUT2D eigenvalue weighted by Gasteiger charge is -2.27. The first kappa shape index (κ1) is 19.9. The summed E-state index contributed by atoms with van der Waals surface area (Å²) in [5.41, 5.74) is -0.132. The number of nitrogens with zero attached hydrogens (tertiary/aromatic N) is 2. The Kier molecular flexibility index (Phi) is 4.91. The molecular weight excluding hydrogens is 369 g/mol. The highest BCUT2D eigenvalue weighted by Gasteiger charge is 2.49. The lowest BCUT2D eigenvalue weighted by molar-refractivity contribution is -0.181. The number of rotatable bonds is 4. The zero-order valence-corrected chi connectivity index (χ0v) is 16.0. The van der Waals surface area contributed by atoms with Crippen LogP contribution in [-0.2, 0) is 5.41 Å². The highest BCUT2D eigenvalue weighted by Crippen LogP contribution is 2.40. The average Bonchev–Trinajstić information content (AvgIpc) is 3.05. The first-order valence-corrected chi connectivity index (χ1v) is 8.80. The van der Waals surface area contributed by atoms with Crippen LogP contribution in [0.3, 0.4) is 0 Å². The summed E-state index contributed by atoms with van der Waals surface area (Å²) in [4.78, 5) is 17.1. The molecule has 0 bridgehead atoms. The molecule has 0 aliphatic heterocycles. The van der Waals surface area contributed by atoms with Crippen LogP contribution in [0, 0.1) is 6.92 Å². The third-order valence-electron chi connectivity index (χ3n) is 5.00. The van der Waals surface area contributed by atoms with Crippen molar-refractivity contribution < 1.29 is 18.0 Å². The molecule has 148 valence electrons. The fraction of sp³-hybridized carbons (Fsp3) is 0.350. The molecule has 0 spiro atoms. The molecule has 0 aliphatic rings. The van der Waals surface area contributed by atoms with Crippen LogP contribution >= 0.6 is 0 Å². The number of para-hydroxylation sites is 1. The Labute approximate surface area is 160 Å². The first-order valence-electron chi connectivity index (χ1n) is 8.80. The molecule has 5 nitrogen and oxygen atoms in total. The summed E-state index contributed by atoms with van der Waals surface area (Å²) in [7, 11) is 0. The normalized spacial score (nSPS) is 13.5. The number of benzene rings is 1. The van der Waals surface area contributed by atoms with Crippen LogP contribution < -0.4 is 5.32 Å². The molecule has 3 aromatic rings. The van der Waals surface area contributed by atoms with Crippen molar-refractivity contribution in [3.8, 4) is 0 Å². The third-order valence-corrected chi connectivity index (χ3v) is 5.00. The van der Waals surface area contributed by atoms with Crippen LogP contribution in [-0.4, -0.2) is 27.3 Å². The van der Waals surface area contributed by atoms with Crippen LogP contribution in [0.25, 0.3) is 10.9 Å². The zero-order chi connectivity index (χ0) is 20.7. The van der Waals surface area contributed by atoms with Crippen molar-refractivity contribution in [2.45, 2.75) is 45.3 Å². The molecule has 0 saturated heterocycles. The number of nitrogens with one attached hydrogen (secondary N) is 2. The summed E-state index contributed by atoms with van der Waals surface area (Å²) < 4.78 is 40.3. The molecule has 0 saturated carbocycles. The van der Waals surface area contributed by atoms with Crippen LogP contribution in [0.4, 0.5) is 13.2 Å². The standard InChI is InChI=1S/C20H21F3N4O/c1-11(15-10-24-27-12(15)2)25-18(28)14-7-5-6-13-8-9-16(26-17(13)14)19(3,4)20(21,22)23/h5-11H,1-4H3,(H,24,27)(H,25,28). The quantitative estimate of drug-likeness (QED) is 0.684. The summed E-state index contributed by atoms with van der Waals surface area (Å²) >= 11 is 0. The second-order valence-corrected chi connectivity index (χ2v) is 7.34. The molecule has 1 amide bonds. The zero-order valence-electron chi connectivity index (χ0n) is 16.0. The number of fused-ring (bicyclic) bond motifs is 1. The lowest BCUT2D eigenvalue weighted by Crippen LogP contribution is -2.37. The van der Waals surface area contributed by atoms with Crippen LogP contribution in [0.1, 0.15) is 54.1 Å². The molecule has 0 fully saturated rings. The van der Waals surface area contributed by atoms with E-state index < -0.39 is 17.5 Å². The largest absolute Gasteiger partial charge is 0.399 e. The number of amides is 1. The molecule has 0 aliphatic carbocycles. The molecule has 1 aromatic carbocycles. The second-order valence-electron chi connectivity index (χ2n) is 7.34. The molecular formula is C20H21F3N4O. The Morgan fingerprint density at radius 1 is 1.18 bits per heavy atom. The number of halogens is 3. The summed E-state index contributed by atoms with van der Waals surface area (Å²) in [6.07, 6.45) is -2.83. The van der Waals surface area contributed by atoms with Gasteiger partial charge in [-0.05, 0) is 39.8 Å². The van der Waals surface area contributed by atoms with E-state index >= 15 is 0 Å². The maximum atomic E-state index is 13.4. The Morgan fingerprint density at radius 2 is 1.89 bits per heavy atom. The lowest BCUT2D eigenvalue weighted by atomic mass is 9.87. The summed E-state index contributed by atoms with van der Waals surface area (Å²) in [5, 5.41) is 10.2. The number of pyridine rings is 1. The Balaban J connectivity index is 2.00. The second kappa shape index (κ2) is 6.92. The predicted octanol–water partition coefficient (Wildman–Crippen LogP) is 4.60. The maximum Gasteiger partial charge on any atom is 0.399 e. The van der Waals surface area contributed by atoms with Gasteiger partial charge in [-0.2, -0.15) is 18.3 Å². The number of alkyl halides is 3. The number of carbonyl (C=O) groups excluding carboxylic acids is 1. The molecule has 8 heteroatoms. The van der Waals surface area contributed by atoms with Gasteiger partial charge in [0.05, 0.1) is 29.0 Å². The highest BCUT2D eigenvalue weighted by atomic mass is 19.4. The minimum Gasteiger partial charge on any atom is -0.345 e. The molecule has 3 rings (SSSR count). The fourth-order valence-corrected chi connectivity index (χ4v) is 2.97. The van der Waals surface area contributed by atoms with Gasteiger partial charge in [0.15, 0.2) is 0 Å². The van der Waals surface area contributed by atoms with E-state index in [4.69, 9.17) is 0 Å². The van der Waals surface area contributed by atoms with Crippen molar-refractivity contribution in [2.75, 3.05) is 0 Å². The number of hydrogen-bond donors (Lipinski definition) is 2. The van der Waals surface area contributed by atoms with E-state index in [1.54, 1.807) is 30.5 Å². The Morgan fingerprint density at radius 3 is 2.50 bits per heavy atom. The maximum absolute atomic E-state index is 13.4. The minimum absolute atomic E-state index is 0.133. The van der Waals surface area contributed by atoms with Gasteiger partial charge in [0, 0.05) is 16.6 Å². The monoisotopic (exact) mass is 390 g/mol. The van der Waals surface area contributed by atoms with Crippen LogP contribution in [0.2, 0.25) is 0 Å². The van der Waals surface area contributed by atoms with E-state index in [1.165, 1.54) is 6.07 Å². The van der Waals surface area contributed by atoms with E-state index in [0.29, 0.717) is 5.39 Å². The smallest absolute Gasteiger partial charge is 0.345 e. The predicted molar refractivity (Wildman–Crippen MR) is 100 cm³/mol. The van der Waals surface area contributed by atoms with E-state index in [-0.39, 0.29) is 22.8 Å². The van der Waals surface area contributed by atoms with E-state index in [0.717, 1.165) is 25.1 Å². The molecule has 2 N–H and O–H groups in total. The highest BCUT2D eigenvalue weighted by molar-refractivity contribution is 6.05. The van der Waals surface area contributed by atoms with Crippen LogP contribution in [0.5, 0.6) is 0 Å².